The zero-order valence-corrected chi connectivity index (χ0v) is 18.4. The molecule has 1 amide bonds. The van der Waals surface area contributed by atoms with Crippen LogP contribution in [0.15, 0.2) is 30.3 Å². The Labute approximate surface area is 174 Å². The van der Waals surface area contributed by atoms with Gasteiger partial charge in [0.2, 0.25) is 0 Å². The molecule has 3 atom stereocenters. The van der Waals surface area contributed by atoms with Gasteiger partial charge in [-0.2, -0.15) is 0 Å². The minimum atomic E-state index is -0.168. The van der Waals surface area contributed by atoms with Gasteiger partial charge in [0.1, 0.15) is 17.5 Å². The van der Waals surface area contributed by atoms with Crippen molar-refractivity contribution in [3.8, 4) is 11.5 Å². The zero-order valence-electron chi connectivity index (χ0n) is 18.4. The first-order valence-electron chi connectivity index (χ1n) is 10.3. The van der Waals surface area contributed by atoms with Crippen LogP contribution in [-0.4, -0.2) is 32.7 Å². The van der Waals surface area contributed by atoms with Crippen molar-refractivity contribution in [3.63, 3.8) is 0 Å². The summed E-state index contributed by atoms with van der Waals surface area (Å²) in [6, 6.07) is 10.2. The lowest BCUT2D eigenvalue weighted by Gasteiger charge is -2.28. The normalized spacial score (nSPS) is 19.7. The van der Waals surface area contributed by atoms with E-state index in [1.165, 1.54) is 10.5 Å². The van der Waals surface area contributed by atoms with Crippen molar-refractivity contribution in [3.05, 3.63) is 52.6 Å². The summed E-state index contributed by atoms with van der Waals surface area (Å²) in [5.41, 5.74) is 5.46. The number of carbonyl (C=O) groups is 1. The molecular formula is C24H33N2O3+. The third-order valence-electron chi connectivity index (χ3n) is 6.09. The van der Waals surface area contributed by atoms with Crippen molar-refractivity contribution in [1.82, 2.24) is 0 Å². The number of benzene rings is 2. The Morgan fingerprint density at radius 2 is 1.79 bits per heavy atom. The van der Waals surface area contributed by atoms with Gasteiger partial charge in [-0.25, -0.2) is 0 Å². The van der Waals surface area contributed by atoms with Crippen LogP contribution < -0.4 is 19.7 Å². The fourth-order valence-corrected chi connectivity index (χ4v) is 4.63. The Bertz CT molecular complexity index is 871. The molecule has 0 radical (unpaired) electrons. The maximum absolute atomic E-state index is 13.2. The van der Waals surface area contributed by atoms with Crippen molar-refractivity contribution >= 4 is 11.6 Å². The summed E-state index contributed by atoms with van der Waals surface area (Å²) in [6.45, 7) is 9.16. The van der Waals surface area contributed by atoms with Gasteiger partial charge >= 0.3 is 0 Å². The van der Waals surface area contributed by atoms with Crippen molar-refractivity contribution in [2.45, 2.75) is 52.6 Å². The molecule has 29 heavy (non-hydrogen) atoms. The zero-order chi connectivity index (χ0) is 21.1. The van der Waals surface area contributed by atoms with E-state index in [-0.39, 0.29) is 18.0 Å². The molecule has 0 saturated carbocycles. The summed E-state index contributed by atoms with van der Waals surface area (Å²) in [4.78, 5) is 14.4. The molecule has 1 aliphatic heterocycles. The lowest BCUT2D eigenvalue weighted by atomic mass is 10.0. The summed E-state index contributed by atoms with van der Waals surface area (Å²) in [5.74, 6) is 1.73. The summed E-state index contributed by atoms with van der Waals surface area (Å²) in [5, 5.41) is 3.19. The molecule has 1 saturated heterocycles. The van der Waals surface area contributed by atoms with Crippen LogP contribution in [0.1, 0.15) is 48.1 Å². The second kappa shape index (κ2) is 8.87. The third kappa shape index (κ3) is 4.40. The molecule has 0 bridgehead atoms. The molecule has 0 spiro atoms. The van der Waals surface area contributed by atoms with Gasteiger partial charge in [-0.3, -0.25) is 4.79 Å². The number of carbonyl (C=O) groups excluding carboxylic acids is 1. The molecule has 1 fully saturated rings. The van der Waals surface area contributed by atoms with E-state index >= 15 is 0 Å². The van der Waals surface area contributed by atoms with E-state index in [0.29, 0.717) is 0 Å². The average molecular weight is 398 g/mol. The number of hydrogen-bond acceptors (Lipinski definition) is 3. The smallest absolute Gasteiger partial charge is 0.282 e. The molecule has 0 aliphatic carbocycles. The van der Waals surface area contributed by atoms with Crippen LogP contribution in [0.3, 0.4) is 0 Å². The Balaban J connectivity index is 1.83. The van der Waals surface area contributed by atoms with E-state index in [1.807, 2.05) is 39.0 Å². The van der Waals surface area contributed by atoms with Crippen molar-refractivity contribution in [2.24, 2.45) is 0 Å². The van der Waals surface area contributed by atoms with Gasteiger partial charge in [0.05, 0.1) is 26.3 Å². The molecular weight excluding hydrogens is 364 g/mol. The maximum Gasteiger partial charge on any atom is 0.282 e. The van der Waals surface area contributed by atoms with Gasteiger partial charge in [-0.15, -0.1) is 0 Å². The van der Waals surface area contributed by atoms with E-state index in [1.54, 1.807) is 14.2 Å². The van der Waals surface area contributed by atoms with Crippen LogP contribution in [0.25, 0.3) is 0 Å². The first-order chi connectivity index (χ1) is 13.8. The first kappa shape index (κ1) is 21.2. The predicted molar refractivity (Wildman–Crippen MR) is 116 cm³/mol. The quantitative estimate of drug-likeness (QED) is 0.786. The molecule has 3 rings (SSSR count). The standard InChI is InChI=1S/C24H32N2O3/c1-15-12-16(2)23(17(3)13-15)25-24(27)18(4)26-11-7-8-21(26)20-14-19(28-5)9-10-22(20)29-6/h9-10,12-14,18,21H,7-8,11H2,1-6H3,(H,25,27)/p+1/t18-,21-/m1/s1. The summed E-state index contributed by atoms with van der Waals surface area (Å²) < 4.78 is 11.0. The Kier molecular flexibility index (Phi) is 6.48. The van der Waals surface area contributed by atoms with Crippen molar-refractivity contribution < 1.29 is 19.2 Å². The first-order valence-corrected chi connectivity index (χ1v) is 10.3. The molecule has 0 aromatic heterocycles. The number of ether oxygens (including phenoxy) is 2. The average Bonchev–Trinajstić information content (AvgIpc) is 3.18. The molecule has 2 N–H and O–H groups in total. The molecule has 2 aromatic carbocycles. The Morgan fingerprint density at radius 3 is 2.41 bits per heavy atom. The van der Waals surface area contributed by atoms with Crippen LogP contribution in [0.5, 0.6) is 11.5 Å². The molecule has 156 valence electrons. The van der Waals surface area contributed by atoms with E-state index in [4.69, 9.17) is 9.47 Å². The SMILES string of the molecule is COc1ccc(OC)c([C@H]2CCC[NH+]2[C@H](C)C(=O)Nc2c(C)cc(C)cc2C)c1. The lowest BCUT2D eigenvalue weighted by molar-refractivity contribution is -0.932. The van der Waals surface area contributed by atoms with Crippen LogP contribution in [-0.2, 0) is 4.79 Å². The van der Waals surface area contributed by atoms with Gasteiger partial charge in [0, 0.05) is 18.5 Å². The summed E-state index contributed by atoms with van der Waals surface area (Å²) >= 11 is 0. The second-order valence-corrected chi connectivity index (χ2v) is 8.11. The van der Waals surface area contributed by atoms with E-state index in [0.717, 1.165) is 53.3 Å². The molecule has 5 nitrogen and oxygen atoms in total. The van der Waals surface area contributed by atoms with Gasteiger partial charge in [-0.05, 0) is 57.0 Å². The number of likely N-dealkylation sites (tertiary alicyclic amines) is 1. The highest BCUT2D eigenvalue weighted by atomic mass is 16.5. The fraction of sp³-hybridized carbons (Fsp3) is 0.458. The van der Waals surface area contributed by atoms with Gasteiger partial charge in [0.15, 0.2) is 6.04 Å². The van der Waals surface area contributed by atoms with Crippen LogP contribution in [0, 0.1) is 20.8 Å². The minimum Gasteiger partial charge on any atom is -0.497 e. The predicted octanol–water partition coefficient (Wildman–Crippen LogP) is 3.38. The van der Waals surface area contributed by atoms with Gasteiger partial charge < -0.3 is 19.7 Å². The number of anilines is 1. The molecule has 2 aromatic rings. The molecule has 1 heterocycles. The summed E-state index contributed by atoms with van der Waals surface area (Å²) in [7, 11) is 3.37. The topological polar surface area (TPSA) is 52.0 Å². The van der Waals surface area contributed by atoms with Gasteiger partial charge in [-0.1, -0.05) is 17.7 Å². The van der Waals surface area contributed by atoms with E-state index < -0.39 is 0 Å². The van der Waals surface area contributed by atoms with Crippen molar-refractivity contribution in [2.75, 3.05) is 26.1 Å². The number of rotatable bonds is 6. The third-order valence-corrected chi connectivity index (χ3v) is 6.09. The Hall–Kier alpha value is -2.53. The fourth-order valence-electron chi connectivity index (χ4n) is 4.63. The van der Waals surface area contributed by atoms with Crippen LogP contribution >= 0.6 is 0 Å². The highest BCUT2D eigenvalue weighted by Gasteiger charge is 2.38. The van der Waals surface area contributed by atoms with Crippen molar-refractivity contribution in [1.29, 1.82) is 0 Å². The maximum atomic E-state index is 13.2. The van der Waals surface area contributed by atoms with Crippen LogP contribution in [0.4, 0.5) is 5.69 Å². The number of amides is 1. The molecule has 1 unspecified atom stereocenters. The molecule has 5 heteroatoms. The summed E-state index contributed by atoms with van der Waals surface area (Å²) in [6.07, 6.45) is 2.11. The van der Waals surface area contributed by atoms with Gasteiger partial charge in [0.25, 0.3) is 5.91 Å². The number of nitrogens with one attached hydrogen (secondary N) is 2. The largest absolute Gasteiger partial charge is 0.497 e. The monoisotopic (exact) mass is 397 g/mol. The number of methoxy groups -OCH3 is 2. The highest BCUT2D eigenvalue weighted by Crippen LogP contribution is 2.32. The Morgan fingerprint density at radius 1 is 1.10 bits per heavy atom. The lowest BCUT2D eigenvalue weighted by Crippen LogP contribution is -3.15. The number of hydrogen-bond donors (Lipinski definition) is 2. The number of quaternary nitrogens is 1. The number of aryl methyl sites for hydroxylation is 3. The highest BCUT2D eigenvalue weighted by molar-refractivity contribution is 5.95. The van der Waals surface area contributed by atoms with E-state index in [2.05, 4.69) is 24.4 Å². The van der Waals surface area contributed by atoms with E-state index in [9.17, 15) is 4.79 Å². The minimum absolute atomic E-state index is 0.0591. The second-order valence-electron chi connectivity index (χ2n) is 8.11. The molecule has 1 aliphatic rings. The van der Waals surface area contributed by atoms with Crippen LogP contribution in [0.2, 0.25) is 0 Å².